The topological polar surface area (TPSA) is 163 Å². The quantitative estimate of drug-likeness (QED) is 0.371. The van der Waals surface area contributed by atoms with Crippen LogP contribution in [-0.2, 0) is 0 Å². The molecule has 0 heterocycles. The third kappa shape index (κ3) is 5.24. The summed E-state index contributed by atoms with van der Waals surface area (Å²) in [6.45, 7) is 0. The molecular formula is C22H18N4O8. The number of nitro groups is 2. The van der Waals surface area contributed by atoms with Crippen molar-refractivity contribution < 1.29 is 28.9 Å². The largest absolute Gasteiger partial charge is 0.495 e. The molecule has 0 fully saturated rings. The molecule has 12 nitrogen and oxygen atoms in total. The summed E-state index contributed by atoms with van der Waals surface area (Å²) in [4.78, 5) is 46.0. The SMILES string of the molecule is COc1ccc([N+](=O)[O-])cc1NC(=O)c1ccc(C(=O)Nc2cc([N+](=O)[O-])ccc2OC)cc1. The van der Waals surface area contributed by atoms with Crippen molar-refractivity contribution in [2.45, 2.75) is 0 Å². The molecule has 2 N–H and O–H groups in total. The van der Waals surface area contributed by atoms with E-state index in [1.807, 2.05) is 0 Å². The number of anilines is 2. The Morgan fingerprint density at radius 2 is 1.03 bits per heavy atom. The highest BCUT2D eigenvalue weighted by Gasteiger charge is 2.17. The molecule has 0 saturated heterocycles. The van der Waals surface area contributed by atoms with Crippen LogP contribution in [0.4, 0.5) is 22.7 Å². The maximum Gasteiger partial charge on any atom is 0.271 e. The average Bonchev–Trinajstić information content (AvgIpc) is 2.83. The molecule has 2 amide bonds. The van der Waals surface area contributed by atoms with Gasteiger partial charge in [-0.15, -0.1) is 0 Å². The minimum absolute atomic E-state index is 0.112. The summed E-state index contributed by atoms with van der Waals surface area (Å²) in [5.74, 6) is -0.682. The van der Waals surface area contributed by atoms with Crippen LogP contribution in [0.15, 0.2) is 60.7 Å². The molecule has 0 aliphatic heterocycles. The number of nitrogens with zero attached hydrogens (tertiary/aromatic N) is 2. The van der Waals surface area contributed by atoms with Gasteiger partial charge in [-0.3, -0.25) is 29.8 Å². The van der Waals surface area contributed by atoms with E-state index in [0.717, 1.165) is 0 Å². The Morgan fingerprint density at radius 3 is 1.32 bits per heavy atom. The van der Waals surface area contributed by atoms with Gasteiger partial charge in [-0.1, -0.05) is 0 Å². The number of amides is 2. The van der Waals surface area contributed by atoms with Gasteiger partial charge >= 0.3 is 0 Å². The number of carbonyl (C=O) groups is 2. The normalized spacial score (nSPS) is 10.2. The molecule has 3 aromatic carbocycles. The van der Waals surface area contributed by atoms with Crippen molar-refractivity contribution in [3.63, 3.8) is 0 Å². The highest BCUT2D eigenvalue weighted by molar-refractivity contribution is 6.08. The Hall–Kier alpha value is -5.00. The number of benzene rings is 3. The van der Waals surface area contributed by atoms with Crippen LogP contribution in [-0.4, -0.2) is 35.9 Å². The summed E-state index contributed by atoms with van der Waals surface area (Å²) in [6.07, 6.45) is 0. The molecule has 174 valence electrons. The molecule has 0 aromatic heterocycles. The highest BCUT2D eigenvalue weighted by atomic mass is 16.6. The Labute approximate surface area is 192 Å². The second kappa shape index (κ2) is 10.1. The Balaban J connectivity index is 1.77. The molecule has 3 rings (SSSR count). The van der Waals surface area contributed by atoms with Gasteiger partial charge in [0.1, 0.15) is 11.5 Å². The van der Waals surface area contributed by atoms with Gasteiger partial charge in [0.25, 0.3) is 23.2 Å². The number of ether oxygens (including phenoxy) is 2. The summed E-state index contributed by atoms with van der Waals surface area (Å²) in [7, 11) is 2.72. The van der Waals surface area contributed by atoms with E-state index in [4.69, 9.17) is 9.47 Å². The van der Waals surface area contributed by atoms with Crippen molar-refractivity contribution in [3.8, 4) is 11.5 Å². The summed E-state index contributed by atoms with van der Waals surface area (Å²) >= 11 is 0. The number of nitro benzene ring substituents is 2. The van der Waals surface area contributed by atoms with E-state index in [0.29, 0.717) is 0 Å². The lowest BCUT2D eigenvalue weighted by molar-refractivity contribution is -0.385. The van der Waals surface area contributed by atoms with E-state index in [2.05, 4.69) is 10.6 Å². The first-order chi connectivity index (χ1) is 16.2. The maximum atomic E-state index is 12.6. The predicted molar refractivity (Wildman–Crippen MR) is 122 cm³/mol. The fourth-order valence-electron chi connectivity index (χ4n) is 2.98. The van der Waals surface area contributed by atoms with Crippen molar-refractivity contribution >= 4 is 34.6 Å². The number of methoxy groups -OCH3 is 2. The van der Waals surface area contributed by atoms with Gasteiger partial charge in [-0.05, 0) is 36.4 Å². The van der Waals surface area contributed by atoms with E-state index in [1.165, 1.54) is 74.9 Å². The Morgan fingerprint density at radius 1 is 0.676 bits per heavy atom. The second-order valence-corrected chi connectivity index (χ2v) is 6.77. The van der Waals surface area contributed by atoms with Crippen molar-refractivity contribution in [1.29, 1.82) is 0 Å². The van der Waals surface area contributed by atoms with Crippen LogP contribution in [0.1, 0.15) is 20.7 Å². The Bertz CT molecular complexity index is 1180. The lowest BCUT2D eigenvalue weighted by Crippen LogP contribution is -2.15. The van der Waals surface area contributed by atoms with E-state index in [1.54, 1.807) is 0 Å². The molecule has 0 radical (unpaired) electrons. The smallest absolute Gasteiger partial charge is 0.271 e. The number of hydrogen-bond acceptors (Lipinski definition) is 8. The van der Waals surface area contributed by atoms with E-state index in [-0.39, 0.29) is 45.4 Å². The zero-order valence-electron chi connectivity index (χ0n) is 17.9. The zero-order valence-corrected chi connectivity index (χ0v) is 17.9. The van der Waals surface area contributed by atoms with Gasteiger partial charge in [0.05, 0.1) is 35.4 Å². The molecular weight excluding hydrogens is 448 g/mol. The number of non-ortho nitro benzene ring substituents is 2. The van der Waals surface area contributed by atoms with Crippen molar-refractivity contribution in [1.82, 2.24) is 0 Å². The first kappa shape index (κ1) is 23.7. The van der Waals surface area contributed by atoms with Crippen LogP contribution >= 0.6 is 0 Å². The van der Waals surface area contributed by atoms with Gasteiger partial charge in [0.15, 0.2) is 0 Å². The van der Waals surface area contributed by atoms with Gasteiger partial charge < -0.3 is 20.1 Å². The second-order valence-electron chi connectivity index (χ2n) is 6.77. The molecule has 34 heavy (non-hydrogen) atoms. The molecule has 0 unspecified atom stereocenters. The van der Waals surface area contributed by atoms with E-state index < -0.39 is 21.7 Å². The van der Waals surface area contributed by atoms with Crippen LogP contribution in [0, 0.1) is 20.2 Å². The van der Waals surface area contributed by atoms with Crippen molar-refractivity contribution in [3.05, 3.63) is 92.0 Å². The monoisotopic (exact) mass is 466 g/mol. The molecule has 0 atom stereocenters. The molecule has 0 aliphatic carbocycles. The number of carbonyl (C=O) groups excluding carboxylic acids is 2. The van der Waals surface area contributed by atoms with Gasteiger partial charge in [0, 0.05) is 35.4 Å². The number of hydrogen-bond donors (Lipinski definition) is 2. The zero-order chi connectivity index (χ0) is 24.8. The molecule has 0 bridgehead atoms. The van der Waals surface area contributed by atoms with Crippen molar-refractivity contribution in [2.75, 3.05) is 24.9 Å². The molecule has 3 aromatic rings. The predicted octanol–water partition coefficient (Wildman–Crippen LogP) is 4.02. The van der Waals surface area contributed by atoms with E-state index >= 15 is 0 Å². The standard InChI is InChI=1S/C22H18N4O8/c1-33-19-9-7-15(25(29)30)11-17(19)23-21(27)13-3-5-14(6-4-13)22(28)24-18-12-16(26(31)32)8-10-20(18)34-2/h3-12H,1-2H3,(H,23,27)(H,24,28). The lowest BCUT2D eigenvalue weighted by atomic mass is 10.1. The van der Waals surface area contributed by atoms with Gasteiger partial charge in [-0.25, -0.2) is 0 Å². The van der Waals surface area contributed by atoms with Crippen LogP contribution in [0.2, 0.25) is 0 Å². The molecule has 0 saturated carbocycles. The third-order valence-electron chi connectivity index (χ3n) is 4.69. The first-order valence-corrected chi connectivity index (χ1v) is 9.61. The minimum atomic E-state index is -0.598. The van der Waals surface area contributed by atoms with E-state index in [9.17, 15) is 29.8 Å². The fraction of sp³-hybridized carbons (Fsp3) is 0.0909. The fourth-order valence-corrected chi connectivity index (χ4v) is 2.98. The maximum absolute atomic E-state index is 12.6. The first-order valence-electron chi connectivity index (χ1n) is 9.61. The Kier molecular flexibility index (Phi) is 7.01. The molecule has 12 heteroatoms. The van der Waals surface area contributed by atoms with Crippen LogP contribution < -0.4 is 20.1 Å². The summed E-state index contributed by atoms with van der Waals surface area (Å²) < 4.78 is 10.2. The summed E-state index contributed by atoms with van der Waals surface area (Å²) in [5.41, 5.74) is 0.137. The lowest BCUT2D eigenvalue weighted by Gasteiger charge is -2.11. The average molecular weight is 466 g/mol. The number of nitrogens with one attached hydrogen (secondary N) is 2. The molecule has 0 spiro atoms. The third-order valence-corrected chi connectivity index (χ3v) is 4.69. The summed E-state index contributed by atoms with van der Waals surface area (Å²) in [6, 6.07) is 13.1. The minimum Gasteiger partial charge on any atom is -0.495 e. The van der Waals surface area contributed by atoms with Crippen LogP contribution in [0.25, 0.3) is 0 Å². The van der Waals surface area contributed by atoms with Crippen molar-refractivity contribution in [2.24, 2.45) is 0 Å². The number of rotatable bonds is 8. The molecule has 0 aliphatic rings. The van der Waals surface area contributed by atoms with Gasteiger partial charge in [-0.2, -0.15) is 0 Å². The van der Waals surface area contributed by atoms with Crippen LogP contribution in [0.3, 0.4) is 0 Å². The summed E-state index contributed by atoms with van der Waals surface area (Å²) in [5, 5.41) is 27.1. The highest BCUT2D eigenvalue weighted by Crippen LogP contribution is 2.30. The van der Waals surface area contributed by atoms with Gasteiger partial charge in [0.2, 0.25) is 0 Å². The van der Waals surface area contributed by atoms with Crippen LogP contribution in [0.5, 0.6) is 11.5 Å².